The summed E-state index contributed by atoms with van der Waals surface area (Å²) in [5, 5.41) is 10.1. The lowest BCUT2D eigenvalue weighted by molar-refractivity contribution is 1.30. The number of nitrogens with zero attached hydrogens (tertiary/aromatic N) is 1. The summed E-state index contributed by atoms with van der Waals surface area (Å²) in [5.41, 5.74) is 8.26. The largest absolute Gasteiger partial charge is 0.310 e. The minimum Gasteiger partial charge on any atom is -0.310 e. The van der Waals surface area contributed by atoms with E-state index in [1.807, 2.05) is 11.3 Å². The molecule has 1 aromatic heterocycles. The van der Waals surface area contributed by atoms with Gasteiger partial charge in [-0.2, -0.15) is 0 Å². The summed E-state index contributed by atoms with van der Waals surface area (Å²) in [4.78, 5) is 2.46. The molecule has 1 heterocycles. The maximum atomic E-state index is 2.46. The van der Waals surface area contributed by atoms with Crippen molar-refractivity contribution in [3.8, 4) is 22.3 Å². The Morgan fingerprint density at radius 2 is 0.940 bits per heavy atom. The van der Waals surface area contributed by atoms with Crippen molar-refractivity contribution < 1.29 is 0 Å². The Hall–Kier alpha value is -6.22. The monoisotopic (exact) mass is 653 g/mol. The van der Waals surface area contributed by atoms with Crippen molar-refractivity contribution in [1.29, 1.82) is 0 Å². The molecule has 0 atom stereocenters. The fourth-order valence-electron chi connectivity index (χ4n) is 7.67. The molecule has 0 N–H and O–H groups in total. The lowest BCUT2D eigenvalue weighted by Crippen LogP contribution is -2.10. The predicted octanol–water partition coefficient (Wildman–Crippen LogP) is 14.3. The van der Waals surface area contributed by atoms with Crippen molar-refractivity contribution in [3.05, 3.63) is 188 Å². The van der Waals surface area contributed by atoms with E-state index < -0.39 is 0 Å². The second-order valence-corrected chi connectivity index (χ2v) is 14.0. The average Bonchev–Trinajstić information content (AvgIpc) is 3.57. The molecule has 10 rings (SSSR count). The quantitative estimate of drug-likeness (QED) is 0.167. The zero-order valence-corrected chi connectivity index (χ0v) is 28.1. The van der Waals surface area contributed by atoms with E-state index in [2.05, 4.69) is 193 Å². The Morgan fingerprint density at radius 3 is 1.78 bits per heavy atom. The second kappa shape index (κ2) is 11.7. The fourth-order valence-corrected chi connectivity index (χ4v) is 8.80. The third-order valence-electron chi connectivity index (χ3n) is 9.99. The van der Waals surface area contributed by atoms with Gasteiger partial charge in [0, 0.05) is 31.5 Å². The van der Waals surface area contributed by atoms with Crippen LogP contribution in [0.15, 0.2) is 188 Å². The first-order chi connectivity index (χ1) is 24.8. The molecule has 0 spiro atoms. The van der Waals surface area contributed by atoms with Crippen LogP contribution in [0.2, 0.25) is 0 Å². The summed E-state index contributed by atoms with van der Waals surface area (Å²) in [7, 11) is 0. The van der Waals surface area contributed by atoms with Crippen LogP contribution in [0.4, 0.5) is 17.1 Å². The number of hydrogen-bond donors (Lipinski definition) is 0. The van der Waals surface area contributed by atoms with E-state index in [9.17, 15) is 0 Å². The molecular weight excluding hydrogens is 623 g/mol. The van der Waals surface area contributed by atoms with Crippen LogP contribution in [0.3, 0.4) is 0 Å². The van der Waals surface area contributed by atoms with Crippen LogP contribution < -0.4 is 4.90 Å². The van der Waals surface area contributed by atoms with Crippen molar-refractivity contribution in [3.63, 3.8) is 0 Å². The van der Waals surface area contributed by atoms with Crippen molar-refractivity contribution in [2.45, 2.75) is 0 Å². The summed E-state index contributed by atoms with van der Waals surface area (Å²) in [6.45, 7) is 0. The van der Waals surface area contributed by atoms with E-state index >= 15 is 0 Å². The van der Waals surface area contributed by atoms with Gasteiger partial charge in [-0.25, -0.2) is 0 Å². The highest BCUT2D eigenvalue weighted by atomic mass is 32.1. The highest BCUT2D eigenvalue weighted by Crippen LogP contribution is 2.46. The van der Waals surface area contributed by atoms with E-state index in [0.717, 1.165) is 11.4 Å². The lowest BCUT2D eigenvalue weighted by atomic mass is 9.93. The molecule has 0 saturated carbocycles. The Balaban J connectivity index is 1.21. The third-order valence-corrected chi connectivity index (χ3v) is 11.1. The first-order valence-corrected chi connectivity index (χ1v) is 17.9. The van der Waals surface area contributed by atoms with Gasteiger partial charge < -0.3 is 4.90 Å². The third kappa shape index (κ3) is 4.76. The zero-order chi connectivity index (χ0) is 33.0. The smallest absolute Gasteiger partial charge is 0.0554 e. The SMILES string of the molecule is c1cc(-c2ccc3ccccc3c2)cc(N(c2cccc(-c3cc4ccccc4c4ccccc34)c2)c2cccc3sc4ccccc4c23)c1. The maximum absolute atomic E-state index is 2.46. The van der Waals surface area contributed by atoms with Crippen molar-refractivity contribution >= 4 is 80.9 Å². The van der Waals surface area contributed by atoms with Gasteiger partial charge in [0.2, 0.25) is 0 Å². The number of fused-ring (bicyclic) bond motifs is 7. The van der Waals surface area contributed by atoms with Gasteiger partial charge in [-0.05, 0) is 109 Å². The van der Waals surface area contributed by atoms with Crippen molar-refractivity contribution in [1.82, 2.24) is 0 Å². The minimum absolute atomic E-state index is 1.12. The Morgan fingerprint density at radius 1 is 0.340 bits per heavy atom. The highest BCUT2D eigenvalue weighted by Gasteiger charge is 2.20. The van der Waals surface area contributed by atoms with Crippen LogP contribution in [0.1, 0.15) is 0 Å². The summed E-state index contributed by atoms with van der Waals surface area (Å²) in [5.74, 6) is 0. The Kier molecular flexibility index (Phi) is 6.75. The van der Waals surface area contributed by atoms with Crippen LogP contribution in [-0.2, 0) is 0 Å². The van der Waals surface area contributed by atoms with E-state index in [4.69, 9.17) is 0 Å². The van der Waals surface area contributed by atoms with Gasteiger partial charge in [-0.3, -0.25) is 0 Å². The van der Waals surface area contributed by atoms with Gasteiger partial charge in [0.05, 0.1) is 5.69 Å². The van der Waals surface area contributed by atoms with Gasteiger partial charge in [0.15, 0.2) is 0 Å². The molecule has 9 aromatic carbocycles. The molecule has 0 radical (unpaired) electrons. The molecule has 0 unspecified atom stereocenters. The Bertz CT molecular complexity index is 2900. The van der Waals surface area contributed by atoms with Crippen LogP contribution in [0, 0.1) is 0 Å². The number of anilines is 3. The first kappa shape index (κ1) is 28.8. The minimum atomic E-state index is 1.12. The van der Waals surface area contributed by atoms with E-state index in [1.165, 1.54) is 80.4 Å². The van der Waals surface area contributed by atoms with Gasteiger partial charge in [-0.15, -0.1) is 11.3 Å². The number of hydrogen-bond acceptors (Lipinski definition) is 2. The van der Waals surface area contributed by atoms with Crippen molar-refractivity contribution in [2.75, 3.05) is 4.90 Å². The summed E-state index contributed by atoms with van der Waals surface area (Å²) in [6, 6.07) is 68.8. The Labute approximate surface area is 294 Å². The molecule has 0 bridgehead atoms. The highest BCUT2D eigenvalue weighted by molar-refractivity contribution is 7.26. The van der Waals surface area contributed by atoms with E-state index in [-0.39, 0.29) is 0 Å². The standard InChI is InChI=1S/C48H31NS/c1-2-13-33-28-35(27-26-32(33)12-1)34-15-9-17-38(29-34)49(45-23-11-25-47-48(45)43-22-7-8-24-46(43)50-47)39-18-10-16-36(30-39)44-31-37-14-3-4-19-40(37)41-20-5-6-21-42(41)44/h1-31H. The molecule has 2 heteroatoms. The molecule has 0 saturated heterocycles. The molecule has 234 valence electrons. The van der Waals surface area contributed by atoms with Crippen LogP contribution in [0.25, 0.3) is 74.7 Å². The molecule has 0 aliphatic heterocycles. The average molecular weight is 654 g/mol. The molecule has 1 nitrogen and oxygen atoms in total. The summed E-state index contributed by atoms with van der Waals surface area (Å²) < 4.78 is 2.59. The van der Waals surface area contributed by atoms with Crippen LogP contribution in [-0.4, -0.2) is 0 Å². The van der Waals surface area contributed by atoms with Gasteiger partial charge in [-0.1, -0.05) is 133 Å². The normalized spacial score (nSPS) is 11.6. The van der Waals surface area contributed by atoms with E-state index in [0.29, 0.717) is 0 Å². The molecule has 50 heavy (non-hydrogen) atoms. The molecule has 0 aliphatic rings. The molecule has 0 fully saturated rings. The molecule has 0 amide bonds. The van der Waals surface area contributed by atoms with Crippen LogP contribution >= 0.6 is 11.3 Å². The predicted molar refractivity (Wildman–Crippen MR) is 217 cm³/mol. The number of benzene rings is 9. The van der Waals surface area contributed by atoms with Gasteiger partial charge in [0.1, 0.15) is 0 Å². The van der Waals surface area contributed by atoms with Crippen molar-refractivity contribution in [2.24, 2.45) is 0 Å². The zero-order valence-electron chi connectivity index (χ0n) is 27.3. The van der Waals surface area contributed by atoms with Gasteiger partial charge >= 0.3 is 0 Å². The topological polar surface area (TPSA) is 3.24 Å². The maximum Gasteiger partial charge on any atom is 0.0554 e. The van der Waals surface area contributed by atoms with Gasteiger partial charge in [0.25, 0.3) is 0 Å². The lowest BCUT2D eigenvalue weighted by Gasteiger charge is -2.27. The molecule has 0 aliphatic carbocycles. The number of thiophene rings is 1. The first-order valence-electron chi connectivity index (χ1n) is 17.1. The van der Waals surface area contributed by atoms with Crippen LogP contribution in [0.5, 0.6) is 0 Å². The summed E-state index contributed by atoms with van der Waals surface area (Å²) in [6.07, 6.45) is 0. The second-order valence-electron chi connectivity index (χ2n) is 12.9. The molecular formula is C48H31NS. The fraction of sp³-hybridized carbons (Fsp3) is 0. The summed E-state index contributed by atoms with van der Waals surface area (Å²) >= 11 is 1.86. The van der Waals surface area contributed by atoms with E-state index in [1.54, 1.807) is 0 Å². The molecule has 10 aromatic rings. The number of rotatable bonds is 5.